The van der Waals surface area contributed by atoms with Gasteiger partial charge in [0.15, 0.2) is 5.82 Å². The second-order valence-corrected chi connectivity index (χ2v) is 10.3. The first kappa shape index (κ1) is 20.8. The van der Waals surface area contributed by atoms with Gasteiger partial charge in [0.1, 0.15) is 18.2 Å². The maximum Gasteiger partial charge on any atom is 0.213 e. The van der Waals surface area contributed by atoms with Crippen LogP contribution in [0, 0.1) is 5.82 Å². The van der Waals surface area contributed by atoms with Crippen LogP contribution in [-0.4, -0.2) is 57.7 Å². The number of anilines is 1. The predicted molar refractivity (Wildman–Crippen MR) is 134 cm³/mol. The van der Waals surface area contributed by atoms with E-state index < -0.39 is 19.5 Å². The molecule has 3 aromatic rings. The summed E-state index contributed by atoms with van der Waals surface area (Å²) in [5, 5.41) is 23.0. The summed E-state index contributed by atoms with van der Waals surface area (Å²) in [4.78, 5) is 5.81. The molecule has 9 heteroatoms. The minimum Gasteiger partial charge on any atom is -0.507 e. The number of rotatable bonds is 7. The molecule has 1 unspecified atom stereocenters. The second kappa shape index (κ2) is 9.28. The Balaban J connectivity index is 1.40. The Morgan fingerprint density at radius 2 is 1.92 bits per heavy atom. The lowest BCUT2D eigenvalue weighted by Gasteiger charge is -2.46. The van der Waals surface area contributed by atoms with Gasteiger partial charge >= 0.3 is 0 Å². The van der Waals surface area contributed by atoms with Crippen molar-refractivity contribution in [2.24, 2.45) is 0 Å². The predicted octanol–water partition coefficient (Wildman–Crippen LogP) is 4.90. The molecule has 2 fully saturated rings. The number of hydrogen-bond donors (Lipinski definition) is 2. The number of phenols is 1. The molecule has 2 aliphatic rings. The van der Waals surface area contributed by atoms with Crippen LogP contribution >= 0.6 is 0 Å². The van der Waals surface area contributed by atoms with Crippen molar-refractivity contribution in [3.63, 3.8) is 0 Å². The van der Waals surface area contributed by atoms with Crippen molar-refractivity contribution in [3.05, 3.63) is 48.4 Å². The third-order valence-electron chi connectivity index (χ3n) is 7.41. The summed E-state index contributed by atoms with van der Waals surface area (Å²) in [6.45, 7) is 4.05. The molecule has 3 atom stereocenters. The van der Waals surface area contributed by atoms with Crippen molar-refractivity contribution in [1.82, 2.24) is 20.5 Å². The Kier molecular flexibility index (Phi) is 5.37. The summed E-state index contributed by atoms with van der Waals surface area (Å²) >= 11 is 0. The molecule has 7 nitrogen and oxygen atoms in total. The number of nitrogens with zero attached hydrogens (tertiary/aromatic N) is 4. The molecular formula is C27H31F2N5O2. The summed E-state index contributed by atoms with van der Waals surface area (Å²) in [5.74, 6) is -0.748. The Hall–Kier alpha value is -3.33. The largest absolute Gasteiger partial charge is 0.507 e. The van der Waals surface area contributed by atoms with E-state index in [4.69, 9.17) is 8.85 Å². The summed E-state index contributed by atoms with van der Waals surface area (Å²) in [6, 6.07) is 8.79. The van der Waals surface area contributed by atoms with Crippen LogP contribution in [0.2, 0.25) is 0 Å². The van der Waals surface area contributed by atoms with Gasteiger partial charge in [-0.25, -0.2) is 13.8 Å². The number of halogens is 2. The fraction of sp³-hybridized carbons (Fsp3) is 0.444. The van der Waals surface area contributed by atoms with E-state index in [0.717, 1.165) is 25.7 Å². The molecule has 2 bridgehead atoms. The van der Waals surface area contributed by atoms with Crippen LogP contribution in [-0.2, 0) is 0 Å². The zero-order valence-corrected chi connectivity index (χ0v) is 20.3. The van der Waals surface area contributed by atoms with Gasteiger partial charge in [-0.05, 0) is 81.0 Å². The molecule has 2 aliphatic heterocycles. The minimum atomic E-state index is -2.68. The molecular weight excluding hydrogens is 464 g/mol. The van der Waals surface area contributed by atoms with Crippen molar-refractivity contribution in [2.75, 3.05) is 25.2 Å². The first-order valence-electron chi connectivity index (χ1n) is 13.5. The molecule has 2 aromatic heterocycles. The summed E-state index contributed by atoms with van der Waals surface area (Å²) < 4.78 is 55.4. The number of pyridine rings is 1. The standard InChI is InChI=1S/C27H31F2N5O2/c1-26-7-8-27(2,33-26)16-19(15-26)34(11-9-28)23-5-4-21(31-32-23)25-20(29)12-18(13-22(25)35)17-6-10-30-24(14-17)36-3/h4-6,10,12-14,19,33,35H,7-9,11,15-16H2,1-3H3/t19?,26-,27+/i3D3. The molecule has 0 aliphatic carbocycles. The van der Waals surface area contributed by atoms with E-state index in [9.17, 15) is 9.50 Å². The van der Waals surface area contributed by atoms with E-state index in [1.54, 1.807) is 18.2 Å². The zero-order chi connectivity index (χ0) is 28.0. The molecule has 0 saturated carbocycles. The number of methoxy groups -OCH3 is 1. The van der Waals surface area contributed by atoms with Crippen LogP contribution in [0.4, 0.5) is 14.6 Å². The highest BCUT2D eigenvalue weighted by Gasteiger charge is 2.50. The van der Waals surface area contributed by atoms with Crippen LogP contribution in [0.5, 0.6) is 11.6 Å². The van der Waals surface area contributed by atoms with Crippen LogP contribution in [0.25, 0.3) is 22.4 Å². The number of aromatic hydroxyl groups is 1. The zero-order valence-electron chi connectivity index (χ0n) is 23.3. The number of nitrogens with one attached hydrogen (secondary N) is 1. The lowest BCUT2D eigenvalue weighted by Crippen LogP contribution is -2.59. The topological polar surface area (TPSA) is 83.4 Å². The number of fused-ring (bicyclic) bond motifs is 2. The normalized spacial score (nSPS) is 26.7. The Morgan fingerprint density at radius 1 is 1.14 bits per heavy atom. The second-order valence-electron chi connectivity index (χ2n) is 10.3. The van der Waals surface area contributed by atoms with Crippen LogP contribution in [0.1, 0.15) is 43.6 Å². The van der Waals surface area contributed by atoms with Crippen molar-refractivity contribution >= 4 is 5.82 Å². The molecule has 2 saturated heterocycles. The van der Waals surface area contributed by atoms with Gasteiger partial charge in [0.2, 0.25) is 5.88 Å². The summed E-state index contributed by atoms with van der Waals surface area (Å²) in [7, 11) is -2.68. The lowest BCUT2D eigenvalue weighted by molar-refractivity contribution is 0.203. The molecule has 0 radical (unpaired) electrons. The van der Waals surface area contributed by atoms with Gasteiger partial charge in [-0.1, -0.05) is 0 Å². The molecule has 5 rings (SSSR count). The van der Waals surface area contributed by atoms with Crippen LogP contribution in [0.3, 0.4) is 0 Å². The van der Waals surface area contributed by atoms with Crippen LogP contribution in [0.15, 0.2) is 42.6 Å². The third kappa shape index (κ3) is 4.59. The maximum absolute atomic E-state index is 15.3. The van der Waals surface area contributed by atoms with Gasteiger partial charge in [0, 0.05) is 35.9 Å². The van der Waals surface area contributed by atoms with Crippen molar-refractivity contribution in [2.45, 2.75) is 56.7 Å². The average molecular weight is 499 g/mol. The molecule has 0 amide bonds. The van der Waals surface area contributed by atoms with E-state index in [2.05, 4.69) is 34.3 Å². The highest BCUT2D eigenvalue weighted by atomic mass is 19.1. The minimum absolute atomic E-state index is 0.00921. The fourth-order valence-electron chi connectivity index (χ4n) is 5.89. The number of benzene rings is 1. The average Bonchev–Trinajstić information content (AvgIpc) is 3.08. The van der Waals surface area contributed by atoms with E-state index >= 15 is 4.39 Å². The molecule has 36 heavy (non-hydrogen) atoms. The van der Waals surface area contributed by atoms with Crippen molar-refractivity contribution in [3.8, 4) is 34.0 Å². The van der Waals surface area contributed by atoms with E-state index in [1.807, 2.05) is 4.90 Å². The molecule has 1 aromatic carbocycles. The van der Waals surface area contributed by atoms with Crippen LogP contribution < -0.4 is 15.0 Å². The first-order chi connectivity index (χ1) is 18.4. The third-order valence-corrected chi connectivity index (χ3v) is 7.41. The highest BCUT2D eigenvalue weighted by molar-refractivity contribution is 5.75. The van der Waals surface area contributed by atoms with Crippen molar-refractivity contribution in [1.29, 1.82) is 0 Å². The van der Waals surface area contributed by atoms with Gasteiger partial charge in [0.05, 0.1) is 22.4 Å². The number of alkyl halides is 1. The highest BCUT2D eigenvalue weighted by Crippen LogP contribution is 2.44. The number of hydrogen-bond acceptors (Lipinski definition) is 7. The van der Waals surface area contributed by atoms with Gasteiger partial charge in [0.25, 0.3) is 0 Å². The molecule has 2 N–H and O–H groups in total. The summed E-state index contributed by atoms with van der Waals surface area (Å²) in [5.41, 5.74) is 0.697. The molecule has 4 heterocycles. The maximum atomic E-state index is 15.3. The number of piperidine rings is 1. The number of aromatic nitrogens is 3. The Bertz CT molecular complexity index is 1320. The Morgan fingerprint density at radius 3 is 2.56 bits per heavy atom. The van der Waals surface area contributed by atoms with E-state index in [-0.39, 0.29) is 46.6 Å². The molecule has 0 spiro atoms. The van der Waals surface area contributed by atoms with Gasteiger partial charge in [-0.15, -0.1) is 10.2 Å². The van der Waals surface area contributed by atoms with Crippen molar-refractivity contribution < 1.29 is 22.7 Å². The van der Waals surface area contributed by atoms with Gasteiger partial charge < -0.3 is 20.1 Å². The smallest absolute Gasteiger partial charge is 0.213 e. The molecule has 190 valence electrons. The lowest BCUT2D eigenvalue weighted by atomic mass is 9.84. The SMILES string of the molecule is [2H]C([2H])([2H])Oc1cc(-c2cc(O)c(-c3ccc(N(CCF)C4C[C@]5(C)CC[C@](C)(C4)N5)nn3)c(F)c2)ccn1. The first-order valence-corrected chi connectivity index (χ1v) is 12.0. The van der Waals surface area contributed by atoms with E-state index in [0.29, 0.717) is 16.9 Å². The van der Waals surface area contributed by atoms with E-state index in [1.165, 1.54) is 24.4 Å². The number of ether oxygens (including phenoxy) is 1. The number of phenolic OH excluding ortho intramolecular Hbond substituents is 1. The monoisotopic (exact) mass is 498 g/mol. The summed E-state index contributed by atoms with van der Waals surface area (Å²) in [6.07, 6.45) is 5.18. The van der Waals surface area contributed by atoms with Gasteiger partial charge in [-0.2, -0.15) is 0 Å². The fourth-order valence-corrected chi connectivity index (χ4v) is 5.89. The quantitative estimate of drug-likeness (QED) is 0.480. The Labute approximate surface area is 213 Å². The van der Waals surface area contributed by atoms with Gasteiger partial charge in [-0.3, -0.25) is 0 Å².